The molecule has 98 valence electrons. The van der Waals surface area contributed by atoms with Crippen molar-refractivity contribution in [2.75, 3.05) is 5.32 Å². The number of hydrogen-bond donors (Lipinski definition) is 1. The van der Waals surface area contributed by atoms with Crippen LogP contribution in [0.5, 0.6) is 0 Å². The second kappa shape index (κ2) is 5.84. The van der Waals surface area contributed by atoms with Crippen LogP contribution in [-0.2, 0) is 0 Å². The van der Waals surface area contributed by atoms with Crippen LogP contribution in [0, 0.1) is 12.7 Å². The molecule has 2 rings (SSSR count). The predicted molar refractivity (Wildman–Crippen MR) is 80.9 cm³/mol. The number of nitrogens with one attached hydrogen (secondary N) is 1. The summed E-state index contributed by atoms with van der Waals surface area (Å²) in [5.74, 6) is -0.805. The monoisotopic (exact) mass is 385 g/mol. The van der Waals surface area contributed by atoms with Gasteiger partial charge in [0.2, 0.25) is 0 Å². The first kappa shape index (κ1) is 14.2. The van der Waals surface area contributed by atoms with Crippen molar-refractivity contribution in [3.05, 3.63) is 62.3 Å². The highest BCUT2D eigenvalue weighted by Crippen LogP contribution is 2.23. The van der Waals surface area contributed by atoms with Crippen LogP contribution in [0.1, 0.15) is 15.9 Å². The summed E-state index contributed by atoms with van der Waals surface area (Å²) in [6.45, 7) is 1.96. The predicted octanol–water partition coefficient (Wildman–Crippen LogP) is 4.91. The minimum absolute atomic E-state index is 0.261. The van der Waals surface area contributed by atoms with E-state index in [0.29, 0.717) is 10.2 Å². The van der Waals surface area contributed by atoms with Crippen LogP contribution in [0.15, 0.2) is 45.3 Å². The molecular weight excluding hydrogens is 377 g/mol. The van der Waals surface area contributed by atoms with Gasteiger partial charge in [-0.05, 0) is 58.7 Å². The summed E-state index contributed by atoms with van der Waals surface area (Å²) in [5.41, 5.74) is 1.99. The molecule has 1 amide bonds. The Labute approximate surface area is 127 Å². The first-order valence-corrected chi connectivity index (χ1v) is 7.08. The highest BCUT2D eigenvalue weighted by Gasteiger charge is 2.11. The maximum absolute atomic E-state index is 13.2. The van der Waals surface area contributed by atoms with Crippen molar-refractivity contribution in [1.29, 1.82) is 0 Å². The summed E-state index contributed by atoms with van der Waals surface area (Å²) in [6, 6.07) is 9.49. The summed E-state index contributed by atoms with van der Waals surface area (Å²) >= 11 is 6.63. The first-order chi connectivity index (χ1) is 8.97. The highest BCUT2D eigenvalue weighted by molar-refractivity contribution is 9.10. The normalized spacial score (nSPS) is 10.3. The van der Waals surface area contributed by atoms with Crippen LogP contribution in [-0.4, -0.2) is 5.91 Å². The van der Waals surface area contributed by atoms with Gasteiger partial charge in [-0.3, -0.25) is 4.79 Å². The lowest BCUT2D eigenvalue weighted by molar-refractivity contribution is 0.102. The Bertz CT molecular complexity index is 643. The number of rotatable bonds is 2. The van der Waals surface area contributed by atoms with Crippen LogP contribution in [0.4, 0.5) is 10.1 Å². The molecule has 2 aromatic carbocycles. The van der Waals surface area contributed by atoms with Gasteiger partial charge in [0.25, 0.3) is 5.91 Å². The average molecular weight is 387 g/mol. The quantitative estimate of drug-likeness (QED) is 0.780. The van der Waals surface area contributed by atoms with E-state index in [9.17, 15) is 9.18 Å². The number of halogens is 3. The molecule has 19 heavy (non-hydrogen) atoms. The molecule has 0 saturated heterocycles. The molecule has 0 saturated carbocycles. The zero-order valence-corrected chi connectivity index (χ0v) is 13.2. The number of anilines is 1. The molecule has 0 radical (unpaired) electrons. The van der Waals surface area contributed by atoms with Crippen LogP contribution in [0.2, 0.25) is 0 Å². The second-order valence-electron chi connectivity index (χ2n) is 4.04. The fraction of sp³-hybridized carbons (Fsp3) is 0.0714. The smallest absolute Gasteiger partial charge is 0.256 e. The lowest BCUT2D eigenvalue weighted by Crippen LogP contribution is -2.13. The number of carbonyl (C=O) groups excluding carboxylic acids is 1. The van der Waals surface area contributed by atoms with E-state index in [0.717, 1.165) is 10.0 Å². The summed E-state index contributed by atoms with van der Waals surface area (Å²) < 4.78 is 14.6. The fourth-order valence-corrected chi connectivity index (χ4v) is 2.35. The summed E-state index contributed by atoms with van der Waals surface area (Å²) in [7, 11) is 0. The van der Waals surface area contributed by atoms with E-state index >= 15 is 0 Å². The van der Waals surface area contributed by atoms with Gasteiger partial charge in [0.1, 0.15) is 5.82 Å². The van der Waals surface area contributed by atoms with Gasteiger partial charge in [-0.1, -0.05) is 22.0 Å². The lowest BCUT2D eigenvalue weighted by Gasteiger charge is -2.08. The molecule has 0 atom stereocenters. The third kappa shape index (κ3) is 3.42. The molecule has 0 unspecified atom stereocenters. The molecule has 2 aromatic rings. The first-order valence-electron chi connectivity index (χ1n) is 5.50. The lowest BCUT2D eigenvalue weighted by atomic mass is 10.2. The van der Waals surface area contributed by atoms with Gasteiger partial charge in [-0.2, -0.15) is 0 Å². The molecule has 2 nitrogen and oxygen atoms in total. The van der Waals surface area contributed by atoms with E-state index in [4.69, 9.17) is 0 Å². The van der Waals surface area contributed by atoms with E-state index < -0.39 is 5.82 Å². The Morgan fingerprint density at radius 3 is 2.53 bits per heavy atom. The molecule has 0 aliphatic carbocycles. The minimum Gasteiger partial charge on any atom is -0.322 e. The van der Waals surface area contributed by atoms with E-state index in [1.54, 1.807) is 12.1 Å². The van der Waals surface area contributed by atoms with Crippen molar-refractivity contribution in [1.82, 2.24) is 0 Å². The molecule has 0 bridgehead atoms. The van der Waals surface area contributed by atoms with Crippen molar-refractivity contribution < 1.29 is 9.18 Å². The standard InChI is InChI=1S/C14H10Br2FNO/c1-8-2-4-10(7-13(8)16)18-14(19)11-6-9(17)3-5-12(11)15/h2-7H,1H3,(H,18,19). The third-order valence-electron chi connectivity index (χ3n) is 2.60. The number of carbonyl (C=O) groups is 1. The van der Waals surface area contributed by atoms with Gasteiger partial charge in [-0.15, -0.1) is 0 Å². The molecule has 0 aromatic heterocycles. The summed E-state index contributed by atoms with van der Waals surface area (Å²) in [6.07, 6.45) is 0. The van der Waals surface area contributed by atoms with Gasteiger partial charge in [0.15, 0.2) is 0 Å². The molecule has 0 aliphatic rings. The topological polar surface area (TPSA) is 29.1 Å². The molecule has 0 spiro atoms. The van der Waals surface area contributed by atoms with Crippen molar-refractivity contribution in [3.63, 3.8) is 0 Å². The van der Waals surface area contributed by atoms with Crippen molar-refractivity contribution in [2.45, 2.75) is 6.92 Å². The Balaban J connectivity index is 2.25. The Hall–Kier alpha value is -1.20. The minimum atomic E-state index is -0.446. The summed E-state index contributed by atoms with van der Waals surface area (Å²) in [5, 5.41) is 2.73. The van der Waals surface area contributed by atoms with Crippen molar-refractivity contribution in [2.24, 2.45) is 0 Å². The van der Waals surface area contributed by atoms with E-state index in [-0.39, 0.29) is 11.5 Å². The molecule has 1 N–H and O–H groups in total. The van der Waals surface area contributed by atoms with Crippen molar-refractivity contribution in [3.8, 4) is 0 Å². The molecule has 0 fully saturated rings. The van der Waals surface area contributed by atoms with Crippen LogP contribution < -0.4 is 5.32 Å². The summed E-state index contributed by atoms with van der Waals surface area (Å²) in [4.78, 5) is 12.1. The van der Waals surface area contributed by atoms with Gasteiger partial charge in [-0.25, -0.2) is 4.39 Å². The second-order valence-corrected chi connectivity index (χ2v) is 5.75. The maximum Gasteiger partial charge on any atom is 0.256 e. The van der Waals surface area contributed by atoms with Crippen LogP contribution >= 0.6 is 31.9 Å². The molecular formula is C14H10Br2FNO. The third-order valence-corrected chi connectivity index (χ3v) is 4.15. The average Bonchev–Trinajstić information content (AvgIpc) is 2.36. The zero-order chi connectivity index (χ0) is 14.0. The number of hydrogen-bond acceptors (Lipinski definition) is 1. The maximum atomic E-state index is 13.2. The van der Waals surface area contributed by atoms with E-state index in [1.165, 1.54) is 18.2 Å². The zero-order valence-electron chi connectivity index (χ0n) is 10.0. The van der Waals surface area contributed by atoms with Gasteiger partial charge >= 0.3 is 0 Å². The Morgan fingerprint density at radius 2 is 1.84 bits per heavy atom. The van der Waals surface area contributed by atoms with E-state index in [1.807, 2.05) is 13.0 Å². The number of aryl methyl sites for hydroxylation is 1. The highest BCUT2D eigenvalue weighted by atomic mass is 79.9. The van der Waals surface area contributed by atoms with Gasteiger partial charge in [0, 0.05) is 14.6 Å². The molecule has 0 aliphatic heterocycles. The SMILES string of the molecule is Cc1ccc(NC(=O)c2cc(F)ccc2Br)cc1Br. The molecule has 0 heterocycles. The number of benzene rings is 2. The van der Waals surface area contributed by atoms with Crippen molar-refractivity contribution >= 4 is 43.5 Å². The van der Waals surface area contributed by atoms with Crippen LogP contribution in [0.3, 0.4) is 0 Å². The fourth-order valence-electron chi connectivity index (χ4n) is 1.54. The molecule has 5 heteroatoms. The van der Waals surface area contributed by atoms with Gasteiger partial charge in [0.05, 0.1) is 5.56 Å². The largest absolute Gasteiger partial charge is 0.322 e. The number of amides is 1. The van der Waals surface area contributed by atoms with E-state index in [2.05, 4.69) is 37.2 Å². The van der Waals surface area contributed by atoms with Gasteiger partial charge < -0.3 is 5.32 Å². The van der Waals surface area contributed by atoms with Crippen LogP contribution in [0.25, 0.3) is 0 Å². The Morgan fingerprint density at radius 1 is 1.11 bits per heavy atom. The Kier molecular flexibility index (Phi) is 4.37.